The Morgan fingerprint density at radius 3 is 2.55 bits per heavy atom. The van der Waals surface area contributed by atoms with E-state index in [0.717, 1.165) is 43.9 Å². The lowest BCUT2D eigenvalue weighted by atomic mass is 9.97. The number of ether oxygens (including phenoxy) is 2. The van der Waals surface area contributed by atoms with Gasteiger partial charge in [0.1, 0.15) is 5.75 Å². The lowest BCUT2D eigenvalue weighted by molar-refractivity contribution is -0.0000507. The highest BCUT2D eigenvalue weighted by atomic mass is 16.5. The molecule has 1 aromatic carbocycles. The summed E-state index contributed by atoms with van der Waals surface area (Å²) in [5, 5.41) is 9.72. The number of piperidine rings is 1. The molecule has 0 radical (unpaired) electrons. The van der Waals surface area contributed by atoms with Gasteiger partial charge in [-0.25, -0.2) is 0 Å². The van der Waals surface area contributed by atoms with Gasteiger partial charge in [0.05, 0.1) is 13.7 Å². The fraction of sp³-hybridized carbons (Fsp3) is 0.760. The van der Waals surface area contributed by atoms with Crippen LogP contribution in [0.3, 0.4) is 0 Å². The zero-order valence-electron chi connectivity index (χ0n) is 20.1. The van der Waals surface area contributed by atoms with E-state index in [1.54, 1.807) is 7.11 Å². The zero-order chi connectivity index (χ0) is 22.2. The topological polar surface area (TPSA) is 48.4 Å². The molecule has 2 heterocycles. The summed E-state index contributed by atoms with van der Waals surface area (Å²) >= 11 is 0. The van der Waals surface area contributed by atoms with E-state index in [1.807, 2.05) is 6.92 Å². The van der Waals surface area contributed by atoms with E-state index in [1.165, 1.54) is 31.5 Å². The maximum absolute atomic E-state index is 9.72. The molecule has 2 fully saturated rings. The van der Waals surface area contributed by atoms with Crippen molar-refractivity contribution in [1.29, 1.82) is 0 Å². The molecule has 1 N–H and O–H groups in total. The van der Waals surface area contributed by atoms with Crippen LogP contribution in [-0.2, 0) is 17.9 Å². The van der Waals surface area contributed by atoms with Crippen LogP contribution in [0.2, 0.25) is 0 Å². The lowest BCUT2D eigenvalue weighted by Crippen LogP contribution is -2.58. The molecule has 6 heteroatoms. The lowest BCUT2D eigenvalue weighted by Gasteiger charge is -2.48. The van der Waals surface area contributed by atoms with Crippen LogP contribution in [0.5, 0.6) is 5.75 Å². The Kier molecular flexibility index (Phi) is 9.60. The minimum atomic E-state index is 0.265. The molecule has 0 aromatic heterocycles. The van der Waals surface area contributed by atoms with Crippen molar-refractivity contribution in [3.63, 3.8) is 0 Å². The number of aliphatic hydroxyl groups excluding tert-OH is 1. The third-order valence-corrected chi connectivity index (χ3v) is 6.99. The average Bonchev–Trinajstić information content (AvgIpc) is 2.78. The quantitative estimate of drug-likeness (QED) is 0.612. The maximum Gasteiger partial charge on any atom is 0.124 e. The monoisotopic (exact) mass is 433 g/mol. The number of hydrogen-bond acceptors (Lipinski definition) is 6. The van der Waals surface area contributed by atoms with Crippen LogP contribution < -0.4 is 4.74 Å². The van der Waals surface area contributed by atoms with Gasteiger partial charge in [-0.3, -0.25) is 9.80 Å². The van der Waals surface area contributed by atoms with Crippen molar-refractivity contribution in [3.8, 4) is 5.75 Å². The number of aliphatic hydroxyl groups is 1. The molecule has 31 heavy (non-hydrogen) atoms. The highest BCUT2D eigenvalue weighted by molar-refractivity contribution is 5.37. The van der Waals surface area contributed by atoms with Crippen molar-refractivity contribution in [2.75, 3.05) is 53.0 Å². The van der Waals surface area contributed by atoms with Crippen LogP contribution in [-0.4, -0.2) is 91.0 Å². The van der Waals surface area contributed by atoms with Crippen LogP contribution in [0, 0.1) is 0 Å². The molecule has 3 rings (SSSR count). The van der Waals surface area contributed by atoms with E-state index in [-0.39, 0.29) is 6.61 Å². The van der Waals surface area contributed by atoms with Gasteiger partial charge >= 0.3 is 0 Å². The number of likely N-dealkylation sites (tertiary alicyclic amines) is 1. The molecule has 2 aliphatic rings. The minimum Gasteiger partial charge on any atom is -0.496 e. The number of methoxy groups -OCH3 is 1. The van der Waals surface area contributed by atoms with Crippen molar-refractivity contribution in [2.24, 2.45) is 0 Å². The van der Waals surface area contributed by atoms with Crippen LogP contribution in [0.15, 0.2) is 18.2 Å². The Balaban J connectivity index is 1.60. The van der Waals surface area contributed by atoms with Gasteiger partial charge in [-0.1, -0.05) is 6.07 Å². The van der Waals surface area contributed by atoms with E-state index in [4.69, 9.17) is 9.47 Å². The molecule has 2 saturated heterocycles. The molecule has 0 spiro atoms. The summed E-state index contributed by atoms with van der Waals surface area (Å²) in [6.07, 6.45) is 3.36. The molecule has 0 bridgehead atoms. The molecule has 176 valence electrons. The molecule has 0 saturated carbocycles. The normalized spacial score (nSPS) is 22.3. The molecular weight excluding hydrogens is 390 g/mol. The first-order valence-electron chi connectivity index (χ1n) is 12.1. The first-order valence-corrected chi connectivity index (χ1v) is 12.1. The summed E-state index contributed by atoms with van der Waals surface area (Å²) < 4.78 is 11.1. The molecule has 1 aromatic rings. The number of hydrogen-bond donors (Lipinski definition) is 1. The predicted octanol–water partition coefficient (Wildman–Crippen LogP) is 2.97. The van der Waals surface area contributed by atoms with Gasteiger partial charge in [-0.05, 0) is 70.8 Å². The molecule has 0 unspecified atom stereocenters. The Morgan fingerprint density at radius 2 is 1.90 bits per heavy atom. The number of piperazine rings is 1. The second-order valence-corrected chi connectivity index (χ2v) is 9.28. The first kappa shape index (κ1) is 24.5. The highest BCUT2D eigenvalue weighted by Gasteiger charge is 2.33. The van der Waals surface area contributed by atoms with E-state index >= 15 is 0 Å². The summed E-state index contributed by atoms with van der Waals surface area (Å²) in [6.45, 7) is 14.7. The van der Waals surface area contributed by atoms with E-state index in [9.17, 15) is 5.11 Å². The Labute approximate surface area is 189 Å². The van der Waals surface area contributed by atoms with Gasteiger partial charge in [0.25, 0.3) is 0 Å². The van der Waals surface area contributed by atoms with Crippen LogP contribution in [0.1, 0.15) is 51.2 Å². The van der Waals surface area contributed by atoms with Crippen molar-refractivity contribution in [1.82, 2.24) is 14.7 Å². The summed E-state index contributed by atoms with van der Waals surface area (Å²) in [4.78, 5) is 7.85. The predicted molar refractivity (Wildman–Crippen MR) is 126 cm³/mol. The van der Waals surface area contributed by atoms with Gasteiger partial charge in [-0.2, -0.15) is 0 Å². The van der Waals surface area contributed by atoms with Gasteiger partial charge in [0, 0.05) is 63.1 Å². The molecule has 0 amide bonds. The fourth-order valence-electron chi connectivity index (χ4n) is 5.21. The first-order chi connectivity index (χ1) is 15.0. The zero-order valence-corrected chi connectivity index (χ0v) is 20.1. The molecule has 2 aliphatic heterocycles. The van der Waals surface area contributed by atoms with Crippen LogP contribution in [0.4, 0.5) is 0 Å². The number of benzene rings is 1. The summed E-state index contributed by atoms with van der Waals surface area (Å²) in [5.41, 5.74) is 2.42. The molecule has 0 aliphatic carbocycles. The summed E-state index contributed by atoms with van der Waals surface area (Å²) in [6, 6.07) is 8.20. The molecule has 6 nitrogen and oxygen atoms in total. The van der Waals surface area contributed by atoms with E-state index < -0.39 is 0 Å². The van der Waals surface area contributed by atoms with E-state index in [2.05, 4.69) is 46.7 Å². The molecule has 1 atom stereocenters. The third-order valence-electron chi connectivity index (χ3n) is 6.99. The van der Waals surface area contributed by atoms with Gasteiger partial charge in [-0.15, -0.1) is 0 Å². The fourth-order valence-corrected chi connectivity index (χ4v) is 5.21. The van der Waals surface area contributed by atoms with Gasteiger partial charge < -0.3 is 19.5 Å². The number of rotatable bonds is 10. The minimum absolute atomic E-state index is 0.265. The largest absolute Gasteiger partial charge is 0.496 e. The summed E-state index contributed by atoms with van der Waals surface area (Å²) in [5.74, 6) is 0.896. The highest BCUT2D eigenvalue weighted by Crippen LogP contribution is 2.26. The number of nitrogens with zero attached hydrogens (tertiary/aromatic N) is 3. The van der Waals surface area contributed by atoms with Gasteiger partial charge in [0.2, 0.25) is 0 Å². The Hall–Kier alpha value is -1.18. The van der Waals surface area contributed by atoms with Crippen molar-refractivity contribution in [2.45, 2.75) is 71.3 Å². The molecular formula is C25H43N3O3. The second-order valence-electron chi connectivity index (χ2n) is 9.28. The Morgan fingerprint density at radius 1 is 1.13 bits per heavy atom. The standard InChI is InChI=1S/C25H43N3O3/c1-5-31-19-22-16-21(6-7-25(22)30-4)17-26-13-14-28(24(18-26)10-15-29)23-8-11-27(12-9-23)20(2)3/h6-7,16,20,23-24,29H,5,8-15,17-19H2,1-4H3/t24-/m1/s1. The van der Waals surface area contributed by atoms with Crippen LogP contribution >= 0.6 is 0 Å². The SMILES string of the molecule is CCOCc1cc(CN2CCN(C3CCN(C(C)C)CC3)[C@H](CCO)C2)ccc1OC. The average molecular weight is 434 g/mol. The van der Waals surface area contributed by atoms with Crippen molar-refractivity contribution < 1.29 is 14.6 Å². The van der Waals surface area contributed by atoms with E-state index in [0.29, 0.717) is 31.3 Å². The second kappa shape index (κ2) is 12.2. The summed E-state index contributed by atoms with van der Waals surface area (Å²) in [7, 11) is 1.72. The third kappa shape index (κ3) is 6.65. The Bertz CT molecular complexity index is 661. The smallest absolute Gasteiger partial charge is 0.124 e. The van der Waals surface area contributed by atoms with Crippen molar-refractivity contribution in [3.05, 3.63) is 29.3 Å². The van der Waals surface area contributed by atoms with Crippen molar-refractivity contribution >= 4 is 0 Å². The van der Waals surface area contributed by atoms with Gasteiger partial charge in [0.15, 0.2) is 0 Å². The van der Waals surface area contributed by atoms with Crippen LogP contribution in [0.25, 0.3) is 0 Å². The maximum atomic E-state index is 9.72.